The molecule has 0 amide bonds. The second kappa shape index (κ2) is 40.4. The van der Waals surface area contributed by atoms with Gasteiger partial charge in [-0.15, -0.1) is 0 Å². The van der Waals surface area contributed by atoms with Crippen molar-refractivity contribution >= 4 is 0 Å². The van der Waals surface area contributed by atoms with Gasteiger partial charge >= 0.3 is 0 Å². The van der Waals surface area contributed by atoms with E-state index in [4.69, 9.17) is 0 Å². The first kappa shape index (κ1) is 48.2. The van der Waals surface area contributed by atoms with E-state index in [9.17, 15) is 0 Å². The maximum absolute atomic E-state index is 2.65. The topological polar surface area (TPSA) is 8.81 Å². The summed E-state index contributed by atoms with van der Waals surface area (Å²) in [5, 5.41) is 0. The number of hydrogen-bond acceptors (Lipinski definition) is 0. The van der Waals surface area contributed by atoms with Crippen molar-refractivity contribution < 1.29 is 4.57 Å². The van der Waals surface area contributed by atoms with Gasteiger partial charge in [0.05, 0.1) is 13.1 Å². The molecular formula is C49H97N2+. The first-order chi connectivity index (χ1) is 25.3. The highest BCUT2D eigenvalue weighted by molar-refractivity contribution is 4.84. The Kier molecular flexibility index (Phi) is 38.2. The zero-order valence-electron chi connectivity index (χ0n) is 36.0. The largest absolute Gasteiger partial charge is 0.256 e. The predicted octanol–water partition coefficient (Wildman–Crippen LogP) is 17.0. The molecule has 0 bridgehead atoms. The van der Waals surface area contributed by atoms with Gasteiger partial charge < -0.3 is 0 Å². The Balaban J connectivity index is 2.23. The van der Waals surface area contributed by atoms with Crippen LogP contribution in [0.5, 0.6) is 0 Å². The average Bonchev–Trinajstić information content (AvgIpc) is 3.53. The van der Waals surface area contributed by atoms with Crippen molar-refractivity contribution in [3.8, 4) is 0 Å². The third kappa shape index (κ3) is 32.4. The molecule has 0 saturated carbocycles. The lowest BCUT2D eigenvalue weighted by Gasteiger charge is -2.07. The van der Waals surface area contributed by atoms with Crippen molar-refractivity contribution in [1.82, 2.24) is 4.57 Å². The minimum Gasteiger partial charge on any atom is -0.234 e. The SMILES string of the molecule is CCCCCCCCCCCCCCCCCCc1n(CCCCCCCCCCCCCCCCC)cc[n+]1CCCCCCCCCCC. The molecule has 0 aliphatic heterocycles. The van der Waals surface area contributed by atoms with Gasteiger partial charge in [0.25, 0.3) is 5.82 Å². The van der Waals surface area contributed by atoms with E-state index in [2.05, 4.69) is 42.3 Å². The minimum absolute atomic E-state index is 1.23. The zero-order valence-corrected chi connectivity index (χ0v) is 36.0. The van der Waals surface area contributed by atoms with E-state index in [0.29, 0.717) is 0 Å². The molecule has 0 aliphatic carbocycles. The number of rotatable bonds is 43. The molecular weight excluding hydrogens is 617 g/mol. The van der Waals surface area contributed by atoms with Gasteiger partial charge in [0.2, 0.25) is 0 Å². The van der Waals surface area contributed by atoms with Crippen LogP contribution in [0.2, 0.25) is 0 Å². The number of aryl methyl sites for hydroxylation is 2. The van der Waals surface area contributed by atoms with Gasteiger partial charge in [0.15, 0.2) is 0 Å². The van der Waals surface area contributed by atoms with Crippen molar-refractivity contribution in [3.05, 3.63) is 18.2 Å². The van der Waals surface area contributed by atoms with Crippen LogP contribution in [0, 0.1) is 0 Å². The molecule has 51 heavy (non-hydrogen) atoms. The van der Waals surface area contributed by atoms with E-state index in [1.165, 1.54) is 276 Å². The fraction of sp³-hybridized carbons (Fsp3) is 0.939. The molecule has 1 rings (SSSR count). The van der Waals surface area contributed by atoms with Crippen LogP contribution in [-0.4, -0.2) is 4.57 Å². The smallest absolute Gasteiger partial charge is 0.234 e. The fourth-order valence-electron chi connectivity index (χ4n) is 8.27. The maximum atomic E-state index is 2.65. The highest BCUT2D eigenvalue weighted by atomic mass is 15.1. The van der Waals surface area contributed by atoms with Gasteiger partial charge in [-0.05, 0) is 32.1 Å². The van der Waals surface area contributed by atoms with E-state index in [0.717, 1.165) is 0 Å². The minimum atomic E-state index is 1.23. The molecule has 0 saturated heterocycles. The Labute approximate surface area is 323 Å². The van der Waals surface area contributed by atoms with Crippen LogP contribution >= 0.6 is 0 Å². The Hall–Kier alpha value is -0.790. The van der Waals surface area contributed by atoms with Crippen molar-refractivity contribution in [2.24, 2.45) is 0 Å². The van der Waals surface area contributed by atoms with Crippen molar-refractivity contribution in [3.63, 3.8) is 0 Å². The number of hydrogen-bond donors (Lipinski definition) is 0. The molecule has 0 unspecified atom stereocenters. The highest BCUT2D eigenvalue weighted by Gasteiger charge is 2.16. The van der Waals surface area contributed by atoms with Gasteiger partial charge in [-0.25, -0.2) is 9.13 Å². The van der Waals surface area contributed by atoms with Crippen LogP contribution in [0.25, 0.3) is 0 Å². The molecule has 2 heteroatoms. The molecule has 302 valence electrons. The molecule has 2 nitrogen and oxygen atoms in total. The molecule has 0 spiro atoms. The van der Waals surface area contributed by atoms with E-state index < -0.39 is 0 Å². The number of unbranched alkanes of at least 4 members (excludes halogenated alkanes) is 37. The fourth-order valence-corrected chi connectivity index (χ4v) is 8.27. The summed E-state index contributed by atoms with van der Waals surface area (Å²) in [6.45, 7) is 9.41. The number of imidazole rings is 1. The van der Waals surface area contributed by atoms with Crippen molar-refractivity contribution in [1.29, 1.82) is 0 Å². The quantitative estimate of drug-likeness (QED) is 0.0471. The summed E-state index contributed by atoms with van der Waals surface area (Å²) >= 11 is 0. The molecule has 0 N–H and O–H groups in total. The summed E-state index contributed by atoms with van der Waals surface area (Å²) in [4.78, 5) is 0. The lowest BCUT2D eigenvalue weighted by molar-refractivity contribution is -0.704. The van der Waals surface area contributed by atoms with Gasteiger partial charge in [-0.3, -0.25) is 0 Å². The van der Waals surface area contributed by atoms with E-state index in [1.807, 2.05) is 0 Å². The Morgan fingerprint density at radius 2 is 0.608 bits per heavy atom. The molecule has 0 atom stereocenters. The summed E-state index contributed by atoms with van der Waals surface area (Å²) in [6, 6.07) is 0. The van der Waals surface area contributed by atoms with Crippen molar-refractivity contribution in [2.75, 3.05) is 0 Å². The standard InChI is InChI=1S/C49H97N2/c1-4-7-10-13-16-19-21-23-25-26-28-30-32-35-38-41-44-49-50(45-42-39-36-33-18-15-12-9-6-3)47-48-51(49)46-43-40-37-34-31-29-27-24-22-20-17-14-11-8-5-2/h47-48H,4-46H2,1-3H3/q+1. The van der Waals surface area contributed by atoms with Gasteiger partial charge in [0.1, 0.15) is 12.4 Å². The van der Waals surface area contributed by atoms with E-state index in [1.54, 1.807) is 5.82 Å². The van der Waals surface area contributed by atoms with Crippen LogP contribution < -0.4 is 4.57 Å². The summed E-state index contributed by atoms with van der Waals surface area (Å²) < 4.78 is 5.30. The summed E-state index contributed by atoms with van der Waals surface area (Å²) in [5.74, 6) is 1.63. The van der Waals surface area contributed by atoms with E-state index >= 15 is 0 Å². The van der Waals surface area contributed by atoms with Crippen LogP contribution in [0.15, 0.2) is 12.4 Å². The molecule has 1 aromatic rings. The molecule has 0 aliphatic rings. The average molecular weight is 714 g/mol. The first-order valence-corrected chi connectivity index (χ1v) is 24.4. The van der Waals surface area contributed by atoms with Gasteiger partial charge in [-0.2, -0.15) is 0 Å². The summed E-state index contributed by atoms with van der Waals surface area (Å²) in [6.07, 6.45) is 63.8. The van der Waals surface area contributed by atoms with Crippen LogP contribution in [-0.2, 0) is 19.5 Å². The Bertz CT molecular complexity index is 781. The number of aromatic nitrogens is 2. The molecule has 1 heterocycles. The highest BCUT2D eigenvalue weighted by Crippen LogP contribution is 2.17. The lowest BCUT2D eigenvalue weighted by Crippen LogP contribution is -2.37. The Morgan fingerprint density at radius 3 is 0.941 bits per heavy atom. The molecule has 0 fully saturated rings. The van der Waals surface area contributed by atoms with Crippen molar-refractivity contribution in [2.45, 2.75) is 297 Å². The van der Waals surface area contributed by atoms with E-state index in [-0.39, 0.29) is 0 Å². The zero-order chi connectivity index (χ0) is 36.6. The third-order valence-corrected chi connectivity index (χ3v) is 11.8. The third-order valence-electron chi connectivity index (χ3n) is 11.8. The van der Waals surface area contributed by atoms with Crippen LogP contribution in [0.3, 0.4) is 0 Å². The molecule has 0 aromatic carbocycles. The molecule has 0 radical (unpaired) electrons. The normalized spacial score (nSPS) is 11.7. The number of nitrogens with zero attached hydrogens (tertiary/aromatic N) is 2. The summed E-state index contributed by atoms with van der Waals surface area (Å²) in [5.41, 5.74) is 0. The van der Waals surface area contributed by atoms with Gasteiger partial charge in [-0.1, -0.05) is 245 Å². The predicted molar refractivity (Wildman–Crippen MR) is 230 cm³/mol. The second-order valence-electron chi connectivity index (χ2n) is 16.9. The first-order valence-electron chi connectivity index (χ1n) is 24.4. The van der Waals surface area contributed by atoms with Crippen LogP contribution in [0.1, 0.15) is 283 Å². The lowest BCUT2D eigenvalue weighted by atomic mass is 10.0. The van der Waals surface area contributed by atoms with Crippen LogP contribution in [0.4, 0.5) is 0 Å². The maximum Gasteiger partial charge on any atom is 0.256 e. The Morgan fingerprint density at radius 1 is 0.333 bits per heavy atom. The second-order valence-corrected chi connectivity index (χ2v) is 16.9. The molecule has 1 aromatic heterocycles. The summed E-state index contributed by atoms with van der Waals surface area (Å²) in [7, 11) is 0. The monoisotopic (exact) mass is 714 g/mol. The van der Waals surface area contributed by atoms with Gasteiger partial charge in [0, 0.05) is 6.42 Å².